The topological polar surface area (TPSA) is 42.2 Å². The van der Waals surface area contributed by atoms with E-state index in [1.807, 2.05) is 0 Å². The van der Waals surface area contributed by atoms with Crippen LogP contribution in [0.1, 0.15) is 42.4 Å². The molecule has 3 nitrogen and oxygen atoms in total. The van der Waals surface area contributed by atoms with Gasteiger partial charge in [-0.3, -0.25) is 4.98 Å². The Kier molecular flexibility index (Phi) is 0.732. The van der Waals surface area contributed by atoms with Crippen LogP contribution in [0.4, 0.5) is 11.4 Å². The van der Waals surface area contributed by atoms with Crippen molar-refractivity contribution in [1.82, 2.24) is 4.98 Å². The van der Waals surface area contributed by atoms with E-state index in [2.05, 4.69) is 4.98 Å². The minimum atomic E-state index is -3.66. The third-order valence-corrected chi connectivity index (χ3v) is 1.70. The Balaban J connectivity index is 3.00. The van der Waals surface area contributed by atoms with Crippen LogP contribution in [0.2, 0.25) is 0 Å². The molecule has 1 aliphatic heterocycles. The molecule has 0 spiro atoms. The van der Waals surface area contributed by atoms with E-state index >= 15 is 0 Å². The number of hydrogen-bond acceptors (Lipinski definition) is 3. The van der Waals surface area contributed by atoms with Gasteiger partial charge in [0.15, 0.2) is 0 Å². The fraction of sp³-hybridized carbons (Fsp3) is 0.545. The van der Waals surface area contributed by atoms with E-state index < -0.39 is 44.2 Å². The quantitative estimate of drug-likeness (QED) is 0.759. The van der Waals surface area contributed by atoms with Gasteiger partial charge in [0.2, 0.25) is 0 Å². The van der Waals surface area contributed by atoms with Crippen LogP contribution < -0.4 is 10.6 Å². The van der Waals surface area contributed by atoms with Gasteiger partial charge in [-0.25, -0.2) is 0 Å². The number of nitrogens with two attached hydrogens (primary N) is 1. The molecular weight excluding hydrogens is 174 g/mol. The lowest BCUT2D eigenvalue weighted by Gasteiger charge is -2.35. The second-order valence-electron chi connectivity index (χ2n) is 2.61. The number of rotatable bonds is 1. The largest absolute Gasteiger partial charge is 0.396 e. The smallest absolute Gasteiger partial charge is 0.0738 e. The van der Waals surface area contributed by atoms with Gasteiger partial charge in [-0.2, -0.15) is 0 Å². The highest BCUT2D eigenvalue weighted by Crippen LogP contribution is 2.28. The standard InChI is InChI=1S/C11H17N3/c1-9-4-2-3-7-14(9)11-5-6-13-8-10(11)12/h5-6,8-9H,2-4,7,12H2,1H3/i1D3,2D2,3D2,4D2,7D2,9D. The van der Waals surface area contributed by atoms with E-state index in [0.29, 0.717) is 0 Å². The Bertz CT molecular complexity index is 715. The number of nitrogen functional groups attached to an aromatic ring is 1. The van der Waals surface area contributed by atoms with Crippen LogP contribution in [0, 0.1) is 0 Å². The Morgan fingerprint density at radius 3 is 3.50 bits per heavy atom. The molecule has 0 saturated carbocycles. The third kappa shape index (κ3) is 1.67. The summed E-state index contributed by atoms with van der Waals surface area (Å²) < 4.78 is 95.4. The number of pyridine rings is 1. The van der Waals surface area contributed by atoms with Crippen LogP contribution in [0.5, 0.6) is 0 Å². The highest BCUT2D eigenvalue weighted by molar-refractivity contribution is 5.66. The van der Waals surface area contributed by atoms with E-state index in [1.54, 1.807) is 0 Å². The summed E-state index contributed by atoms with van der Waals surface area (Å²) in [7, 11) is 0. The Morgan fingerprint density at radius 1 is 1.79 bits per heavy atom. The molecule has 1 atom stereocenters. The molecule has 2 N–H and O–H groups in total. The van der Waals surface area contributed by atoms with Gasteiger partial charge in [-0.05, 0) is 32.0 Å². The van der Waals surface area contributed by atoms with Gasteiger partial charge in [0.05, 0.1) is 18.9 Å². The molecule has 0 radical (unpaired) electrons. The van der Waals surface area contributed by atoms with Gasteiger partial charge in [-0.1, -0.05) is 0 Å². The monoisotopic (exact) mass is 203 g/mol. The number of nitrogens with zero attached hydrogens (tertiary/aromatic N) is 2. The highest BCUT2D eigenvalue weighted by Gasteiger charge is 2.19. The first-order valence-corrected chi connectivity index (χ1v) is 3.89. The van der Waals surface area contributed by atoms with Crippen molar-refractivity contribution < 1.29 is 16.4 Å². The molecule has 0 aliphatic carbocycles. The Labute approximate surface area is 102 Å². The molecule has 76 valence electrons. The predicted molar refractivity (Wildman–Crippen MR) is 59.3 cm³/mol. The highest BCUT2D eigenvalue weighted by atomic mass is 15.2. The van der Waals surface area contributed by atoms with Crippen LogP contribution in [-0.4, -0.2) is 17.5 Å². The summed E-state index contributed by atoms with van der Waals surface area (Å²) in [5.74, 6) is 0. The summed E-state index contributed by atoms with van der Waals surface area (Å²) in [5, 5.41) is 0. The SMILES string of the molecule is [2H]C([2H])([2H])C1([2H])N(c2ccncc2N)C([2H])([2H])C([2H])([2H])C([2H])([2H])C1([2H])[2H]. The number of hydrogen-bond donors (Lipinski definition) is 1. The summed E-state index contributed by atoms with van der Waals surface area (Å²) in [4.78, 5) is 3.74. The minimum Gasteiger partial charge on any atom is -0.396 e. The molecule has 1 aromatic rings. The van der Waals surface area contributed by atoms with Gasteiger partial charge in [0.25, 0.3) is 0 Å². The molecule has 0 bridgehead atoms. The van der Waals surface area contributed by atoms with Crippen LogP contribution in [-0.2, 0) is 0 Å². The van der Waals surface area contributed by atoms with Gasteiger partial charge < -0.3 is 10.6 Å². The van der Waals surface area contributed by atoms with E-state index in [9.17, 15) is 0 Å². The summed E-state index contributed by atoms with van der Waals surface area (Å²) in [5.41, 5.74) is 4.92. The number of aromatic nitrogens is 1. The molecule has 1 unspecified atom stereocenters. The lowest BCUT2D eigenvalue weighted by atomic mass is 10.0. The van der Waals surface area contributed by atoms with Crippen molar-refractivity contribution in [1.29, 1.82) is 0 Å². The molecule has 14 heavy (non-hydrogen) atoms. The van der Waals surface area contributed by atoms with Gasteiger partial charge >= 0.3 is 0 Å². The first kappa shape index (κ1) is 2.65. The third-order valence-electron chi connectivity index (χ3n) is 1.70. The first-order valence-electron chi connectivity index (χ1n) is 9.89. The first-order chi connectivity index (χ1) is 11.4. The lowest BCUT2D eigenvalue weighted by Crippen LogP contribution is -2.37. The summed E-state index contributed by atoms with van der Waals surface area (Å²) in [6.45, 7) is -7.00. The molecule has 1 fully saturated rings. The maximum atomic E-state index is 8.42. The zero-order valence-corrected chi connectivity index (χ0v) is 7.20. The van der Waals surface area contributed by atoms with Gasteiger partial charge in [-0.15, -0.1) is 0 Å². The van der Waals surface area contributed by atoms with Crippen molar-refractivity contribution in [2.24, 2.45) is 0 Å². The van der Waals surface area contributed by atoms with E-state index in [4.69, 9.17) is 22.2 Å². The fourth-order valence-electron chi connectivity index (χ4n) is 1.07. The molecule has 3 heteroatoms. The second-order valence-corrected chi connectivity index (χ2v) is 2.61. The Hall–Kier alpha value is -1.25. The maximum Gasteiger partial charge on any atom is 0.0738 e. The van der Waals surface area contributed by atoms with Crippen molar-refractivity contribution in [3.05, 3.63) is 18.5 Å². The molecular formula is C11H17N3. The molecule has 1 aromatic heterocycles. The molecule has 2 rings (SSSR count). The minimum absolute atomic E-state index is 0.0747. The molecule has 0 aromatic carbocycles. The van der Waals surface area contributed by atoms with Crippen molar-refractivity contribution in [2.45, 2.75) is 32.0 Å². The normalized spacial score (nSPS) is 55.6. The molecule has 0 amide bonds. The van der Waals surface area contributed by atoms with Gasteiger partial charge in [0, 0.05) is 33.8 Å². The lowest BCUT2D eigenvalue weighted by molar-refractivity contribution is 0.485. The maximum absolute atomic E-state index is 8.42. The summed E-state index contributed by atoms with van der Waals surface area (Å²) in [6.07, 6.45) is -8.74. The zero-order valence-electron chi connectivity index (χ0n) is 19.2. The van der Waals surface area contributed by atoms with Crippen molar-refractivity contribution in [2.75, 3.05) is 17.1 Å². The number of anilines is 2. The summed E-state index contributed by atoms with van der Waals surface area (Å²) in [6, 6.07) is -2.51. The van der Waals surface area contributed by atoms with Crippen molar-refractivity contribution in [3.63, 3.8) is 0 Å². The van der Waals surface area contributed by atoms with Crippen LogP contribution in [0.25, 0.3) is 0 Å². The van der Waals surface area contributed by atoms with Crippen LogP contribution in [0.15, 0.2) is 18.5 Å². The summed E-state index contributed by atoms with van der Waals surface area (Å²) >= 11 is 0. The van der Waals surface area contributed by atoms with E-state index in [-0.39, 0.29) is 10.6 Å². The van der Waals surface area contributed by atoms with Crippen molar-refractivity contribution >= 4 is 11.4 Å². The molecule has 1 aliphatic rings. The van der Waals surface area contributed by atoms with E-state index in [1.165, 1.54) is 0 Å². The van der Waals surface area contributed by atoms with Crippen molar-refractivity contribution in [3.8, 4) is 0 Å². The predicted octanol–water partition coefficient (Wildman–Crippen LogP) is 2.04. The molecule has 1 saturated heterocycles. The van der Waals surface area contributed by atoms with Crippen LogP contribution in [0.3, 0.4) is 0 Å². The van der Waals surface area contributed by atoms with Gasteiger partial charge in [0.1, 0.15) is 0 Å². The average molecular weight is 203 g/mol. The Morgan fingerprint density at radius 2 is 2.71 bits per heavy atom. The number of piperidine rings is 1. The fourth-order valence-corrected chi connectivity index (χ4v) is 1.07. The average Bonchev–Trinajstić information content (AvgIpc) is 2.46. The van der Waals surface area contributed by atoms with E-state index in [0.717, 1.165) is 18.5 Å². The molecule has 2 heterocycles. The van der Waals surface area contributed by atoms with Crippen LogP contribution >= 0.6 is 0 Å². The second kappa shape index (κ2) is 3.86. The zero-order chi connectivity index (χ0) is 20.6.